The van der Waals surface area contributed by atoms with Gasteiger partial charge < -0.3 is 15.4 Å². The van der Waals surface area contributed by atoms with Crippen LogP contribution in [0, 0.1) is 12.7 Å². The Bertz CT molecular complexity index is 543. The van der Waals surface area contributed by atoms with Gasteiger partial charge in [-0.05, 0) is 33.8 Å². The minimum absolute atomic E-state index is 0.0183. The lowest BCUT2D eigenvalue weighted by molar-refractivity contribution is -0.00380. The van der Waals surface area contributed by atoms with Gasteiger partial charge in [-0.15, -0.1) is 0 Å². The highest BCUT2D eigenvalue weighted by atomic mass is 19.3. The summed E-state index contributed by atoms with van der Waals surface area (Å²) in [7, 11) is 0. The number of alkyl carbamates (subject to hydrolysis) is 1. The molecule has 4 nitrogen and oxygen atoms in total. The Morgan fingerprint density at radius 1 is 1.22 bits per heavy atom. The Hall–Kier alpha value is -1.76. The van der Waals surface area contributed by atoms with E-state index in [1.165, 1.54) is 6.07 Å². The van der Waals surface area contributed by atoms with Crippen LogP contribution in [0.5, 0.6) is 0 Å². The molecule has 0 spiro atoms. The van der Waals surface area contributed by atoms with Crippen molar-refractivity contribution in [1.29, 1.82) is 0 Å². The maximum Gasteiger partial charge on any atom is 0.407 e. The molecular weight excluding hydrogens is 309 g/mol. The molecule has 0 aliphatic rings. The summed E-state index contributed by atoms with van der Waals surface area (Å²) in [5.41, 5.74) is 0.419. The molecule has 0 fully saturated rings. The Kier molecular flexibility index (Phi) is 6.44. The standard InChI is InChI=1S/C16H23F3N2O2/c1-11-5-6-13(17)12(7-11)8-20-9-16(18,19)10-21-14(22)23-15(2,3)4/h5-7,20H,8-10H2,1-4H3,(H,21,22). The lowest BCUT2D eigenvalue weighted by Crippen LogP contribution is -2.44. The molecule has 23 heavy (non-hydrogen) atoms. The molecular formula is C16H23F3N2O2. The third-order valence-electron chi connectivity index (χ3n) is 2.79. The van der Waals surface area contributed by atoms with Crippen molar-refractivity contribution in [1.82, 2.24) is 10.6 Å². The van der Waals surface area contributed by atoms with Gasteiger partial charge in [0.05, 0.1) is 13.1 Å². The summed E-state index contributed by atoms with van der Waals surface area (Å²) >= 11 is 0. The van der Waals surface area contributed by atoms with Gasteiger partial charge >= 0.3 is 6.09 Å². The van der Waals surface area contributed by atoms with Crippen molar-refractivity contribution in [2.24, 2.45) is 0 Å². The van der Waals surface area contributed by atoms with E-state index >= 15 is 0 Å². The van der Waals surface area contributed by atoms with Gasteiger partial charge in [-0.2, -0.15) is 0 Å². The van der Waals surface area contributed by atoms with Crippen molar-refractivity contribution in [2.45, 2.75) is 45.8 Å². The number of aryl methyl sites for hydroxylation is 1. The topological polar surface area (TPSA) is 50.4 Å². The van der Waals surface area contributed by atoms with Crippen molar-refractivity contribution in [3.05, 3.63) is 35.1 Å². The molecule has 1 rings (SSSR count). The number of carbonyl (C=O) groups excluding carboxylic acids is 1. The lowest BCUT2D eigenvalue weighted by atomic mass is 10.1. The third kappa shape index (κ3) is 7.88. The number of ether oxygens (including phenoxy) is 1. The highest BCUT2D eigenvalue weighted by molar-refractivity contribution is 5.67. The van der Waals surface area contributed by atoms with Gasteiger partial charge in [-0.3, -0.25) is 0 Å². The second-order valence-electron chi connectivity index (χ2n) is 6.41. The van der Waals surface area contributed by atoms with Crippen molar-refractivity contribution >= 4 is 6.09 Å². The van der Waals surface area contributed by atoms with Crippen LogP contribution in [0.4, 0.5) is 18.0 Å². The normalized spacial score (nSPS) is 12.1. The van der Waals surface area contributed by atoms with Crippen LogP contribution in [-0.4, -0.2) is 30.7 Å². The van der Waals surface area contributed by atoms with Gasteiger partial charge in [0.1, 0.15) is 11.4 Å². The number of halogens is 3. The molecule has 130 valence electrons. The van der Waals surface area contributed by atoms with Gasteiger partial charge in [0.2, 0.25) is 0 Å². The van der Waals surface area contributed by atoms with E-state index in [4.69, 9.17) is 4.74 Å². The van der Waals surface area contributed by atoms with Gasteiger partial charge in [-0.1, -0.05) is 17.7 Å². The second kappa shape index (κ2) is 7.68. The fraction of sp³-hybridized carbons (Fsp3) is 0.562. The van der Waals surface area contributed by atoms with Crippen LogP contribution in [0.15, 0.2) is 18.2 Å². The fourth-order valence-electron chi connectivity index (χ4n) is 1.80. The summed E-state index contributed by atoms with van der Waals surface area (Å²) < 4.78 is 45.7. The smallest absolute Gasteiger partial charge is 0.407 e. The van der Waals surface area contributed by atoms with E-state index in [-0.39, 0.29) is 6.54 Å². The fourth-order valence-corrected chi connectivity index (χ4v) is 1.80. The summed E-state index contributed by atoms with van der Waals surface area (Å²) in [6, 6.07) is 4.51. The molecule has 0 saturated carbocycles. The quantitative estimate of drug-likeness (QED) is 0.840. The van der Waals surface area contributed by atoms with E-state index in [0.717, 1.165) is 5.56 Å². The maximum absolute atomic E-state index is 13.7. The monoisotopic (exact) mass is 332 g/mol. The van der Waals surface area contributed by atoms with Crippen LogP contribution in [0.1, 0.15) is 31.9 Å². The SMILES string of the molecule is Cc1ccc(F)c(CNCC(F)(F)CNC(=O)OC(C)(C)C)c1. The maximum atomic E-state index is 13.7. The zero-order valence-corrected chi connectivity index (χ0v) is 13.8. The van der Waals surface area contributed by atoms with Crippen LogP contribution in [0.2, 0.25) is 0 Å². The molecule has 7 heteroatoms. The largest absolute Gasteiger partial charge is 0.444 e. The zero-order valence-electron chi connectivity index (χ0n) is 13.8. The summed E-state index contributed by atoms with van der Waals surface area (Å²) in [4.78, 5) is 11.3. The second-order valence-corrected chi connectivity index (χ2v) is 6.41. The molecule has 2 N–H and O–H groups in total. The van der Waals surface area contributed by atoms with Crippen molar-refractivity contribution in [3.63, 3.8) is 0 Å². The molecule has 0 atom stereocenters. The first-order valence-electron chi connectivity index (χ1n) is 7.29. The van der Waals surface area contributed by atoms with E-state index in [2.05, 4.69) is 5.32 Å². The van der Waals surface area contributed by atoms with E-state index in [1.807, 2.05) is 5.32 Å². The zero-order chi connectivity index (χ0) is 17.7. The summed E-state index contributed by atoms with van der Waals surface area (Å²) in [5, 5.41) is 4.52. The van der Waals surface area contributed by atoms with E-state index in [1.54, 1.807) is 39.8 Å². The number of benzene rings is 1. The number of alkyl halides is 2. The Morgan fingerprint density at radius 3 is 2.48 bits per heavy atom. The average molecular weight is 332 g/mol. The van der Waals surface area contributed by atoms with E-state index in [9.17, 15) is 18.0 Å². The number of carbonyl (C=O) groups is 1. The molecule has 1 amide bonds. The molecule has 0 aliphatic heterocycles. The van der Waals surface area contributed by atoms with Crippen LogP contribution >= 0.6 is 0 Å². The lowest BCUT2D eigenvalue weighted by Gasteiger charge is -2.22. The molecule has 0 aliphatic carbocycles. The molecule has 0 aromatic heterocycles. The summed E-state index contributed by atoms with van der Waals surface area (Å²) in [6.07, 6.45) is -0.901. The molecule has 1 aromatic rings. The van der Waals surface area contributed by atoms with Crippen molar-refractivity contribution in [2.75, 3.05) is 13.1 Å². The predicted octanol–water partition coefficient (Wildman–Crippen LogP) is 3.38. The molecule has 1 aromatic carbocycles. The van der Waals surface area contributed by atoms with E-state index < -0.39 is 36.5 Å². The number of hydrogen-bond donors (Lipinski definition) is 2. The van der Waals surface area contributed by atoms with Crippen LogP contribution in [0.25, 0.3) is 0 Å². The number of nitrogens with one attached hydrogen (secondary N) is 2. The average Bonchev–Trinajstić information content (AvgIpc) is 2.39. The Labute approximate surface area is 134 Å². The number of rotatable bonds is 6. The first kappa shape index (κ1) is 19.3. The molecule has 0 unspecified atom stereocenters. The van der Waals surface area contributed by atoms with E-state index in [0.29, 0.717) is 5.56 Å². The Morgan fingerprint density at radius 2 is 1.87 bits per heavy atom. The summed E-state index contributed by atoms with van der Waals surface area (Å²) in [5.74, 6) is -3.62. The minimum atomic E-state index is -3.17. The Balaban J connectivity index is 2.40. The number of amides is 1. The first-order chi connectivity index (χ1) is 10.5. The van der Waals surface area contributed by atoms with Crippen LogP contribution < -0.4 is 10.6 Å². The first-order valence-corrected chi connectivity index (χ1v) is 7.29. The van der Waals surface area contributed by atoms with Gasteiger partial charge in [0, 0.05) is 12.1 Å². The minimum Gasteiger partial charge on any atom is -0.444 e. The molecule has 0 radical (unpaired) electrons. The summed E-state index contributed by atoms with van der Waals surface area (Å²) in [6.45, 7) is 5.16. The van der Waals surface area contributed by atoms with Gasteiger partial charge in [-0.25, -0.2) is 18.0 Å². The van der Waals surface area contributed by atoms with Gasteiger partial charge in [0.15, 0.2) is 0 Å². The van der Waals surface area contributed by atoms with Crippen LogP contribution in [0.3, 0.4) is 0 Å². The van der Waals surface area contributed by atoms with Crippen molar-refractivity contribution in [3.8, 4) is 0 Å². The number of hydrogen-bond acceptors (Lipinski definition) is 3. The highest BCUT2D eigenvalue weighted by Gasteiger charge is 2.30. The predicted molar refractivity (Wildman–Crippen MR) is 82.0 cm³/mol. The highest BCUT2D eigenvalue weighted by Crippen LogP contribution is 2.13. The molecule has 0 bridgehead atoms. The molecule has 0 heterocycles. The van der Waals surface area contributed by atoms with Crippen molar-refractivity contribution < 1.29 is 22.7 Å². The van der Waals surface area contributed by atoms with Crippen LogP contribution in [-0.2, 0) is 11.3 Å². The third-order valence-corrected chi connectivity index (χ3v) is 2.79. The van der Waals surface area contributed by atoms with Gasteiger partial charge in [0.25, 0.3) is 5.92 Å². The molecule has 0 saturated heterocycles.